The van der Waals surface area contributed by atoms with Gasteiger partial charge in [0, 0.05) is 12.1 Å². The first-order valence-electron chi connectivity index (χ1n) is 7.15. The fourth-order valence-corrected chi connectivity index (χ4v) is 1.82. The van der Waals surface area contributed by atoms with Gasteiger partial charge in [0.15, 0.2) is 6.61 Å². The van der Waals surface area contributed by atoms with Crippen LogP contribution in [0.25, 0.3) is 0 Å². The molecule has 0 saturated carbocycles. The maximum absolute atomic E-state index is 11.5. The quantitative estimate of drug-likeness (QED) is 0.587. The highest BCUT2D eigenvalue weighted by Gasteiger charge is 2.09. The van der Waals surface area contributed by atoms with Crippen LogP contribution in [0.1, 0.15) is 38.3 Å². The molecule has 0 radical (unpaired) electrons. The van der Waals surface area contributed by atoms with E-state index in [2.05, 4.69) is 18.3 Å². The smallest absolute Gasteiger partial charge is 0.344 e. The highest BCUT2D eigenvalue weighted by Crippen LogP contribution is 2.20. The lowest BCUT2D eigenvalue weighted by Gasteiger charge is -2.13. The number of rotatable bonds is 8. The van der Waals surface area contributed by atoms with Crippen molar-refractivity contribution in [3.63, 3.8) is 0 Å². The summed E-state index contributed by atoms with van der Waals surface area (Å²) in [7, 11) is 0. The lowest BCUT2D eigenvalue weighted by atomic mass is 10.1. The number of aryl methyl sites for hydroxylation is 1. The number of carbonyl (C=O) groups is 1. The molecule has 0 bridgehead atoms. The van der Waals surface area contributed by atoms with Gasteiger partial charge in [-0.25, -0.2) is 4.79 Å². The van der Waals surface area contributed by atoms with Crippen molar-refractivity contribution < 1.29 is 14.3 Å². The van der Waals surface area contributed by atoms with Crippen molar-refractivity contribution >= 4 is 5.97 Å². The van der Waals surface area contributed by atoms with Gasteiger partial charge in [-0.3, -0.25) is 0 Å². The van der Waals surface area contributed by atoms with Gasteiger partial charge in [-0.1, -0.05) is 24.6 Å². The van der Waals surface area contributed by atoms with Gasteiger partial charge in [0.2, 0.25) is 0 Å². The second kappa shape index (κ2) is 8.59. The Morgan fingerprint density at radius 2 is 2.10 bits per heavy atom. The number of ether oxygens (including phenoxy) is 2. The van der Waals surface area contributed by atoms with Gasteiger partial charge in [-0.05, 0) is 39.8 Å². The molecule has 4 heteroatoms. The molecule has 0 aliphatic heterocycles. The standard InChI is InChI=1S/C16H25NO3/c1-5-8-17-10-14-9-13(4)6-7-15(14)19-11-16(18)20-12(2)3/h6-7,9,12,17H,5,8,10-11H2,1-4H3. The molecule has 0 amide bonds. The van der Waals surface area contributed by atoms with Gasteiger partial charge in [-0.2, -0.15) is 0 Å². The van der Waals surface area contributed by atoms with Crippen LogP contribution in [-0.4, -0.2) is 25.2 Å². The Kier molecular flexibility index (Phi) is 7.09. The van der Waals surface area contributed by atoms with Crippen molar-refractivity contribution in [1.82, 2.24) is 5.32 Å². The molecule has 0 heterocycles. The Morgan fingerprint density at radius 1 is 1.35 bits per heavy atom. The summed E-state index contributed by atoms with van der Waals surface area (Å²) < 4.78 is 10.6. The summed E-state index contributed by atoms with van der Waals surface area (Å²) in [5.74, 6) is 0.396. The molecule has 0 aromatic heterocycles. The number of carbonyl (C=O) groups excluding carboxylic acids is 1. The monoisotopic (exact) mass is 279 g/mol. The lowest BCUT2D eigenvalue weighted by Crippen LogP contribution is -2.20. The average Bonchev–Trinajstić information content (AvgIpc) is 2.37. The van der Waals surface area contributed by atoms with Crippen molar-refractivity contribution in [2.24, 2.45) is 0 Å². The third kappa shape index (κ3) is 6.06. The second-order valence-electron chi connectivity index (χ2n) is 5.12. The zero-order chi connectivity index (χ0) is 15.0. The van der Waals surface area contributed by atoms with Gasteiger partial charge in [-0.15, -0.1) is 0 Å². The highest BCUT2D eigenvalue weighted by molar-refractivity contribution is 5.71. The fraction of sp³-hybridized carbons (Fsp3) is 0.562. The SMILES string of the molecule is CCCNCc1cc(C)ccc1OCC(=O)OC(C)C. The Labute approximate surface area is 121 Å². The van der Waals surface area contributed by atoms with Gasteiger partial charge in [0.05, 0.1) is 6.10 Å². The van der Waals surface area contributed by atoms with E-state index in [-0.39, 0.29) is 18.7 Å². The van der Waals surface area contributed by atoms with E-state index in [0.29, 0.717) is 0 Å². The van der Waals surface area contributed by atoms with Crippen LogP contribution < -0.4 is 10.1 Å². The molecule has 4 nitrogen and oxygen atoms in total. The molecule has 0 spiro atoms. The van der Waals surface area contributed by atoms with E-state index in [0.717, 1.165) is 30.8 Å². The summed E-state index contributed by atoms with van der Waals surface area (Å²) in [5, 5.41) is 3.34. The lowest BCUT2D eigenvalue weighted by molar-refractivity contribution is -0.149. The zero-order valence-electron chi connectivity index (χ0n) is 12.9. The van der Waals surface area contributed by atoms with Crippen LogP contribution in [0.5, 0.6) is 5.75 Å². The van der Waals surface area contributed by atoms with Gasteiger partial charge < -0.3 is 14.8 Å². The van der Waals surface area contributed by atoms with Crippen molar-refractivity contribution in [3.05, 3.63) is 29.3 Å². The summed E-state index contributed by atoms with van der Waals surface area (Å²) in [6, 6.07) is 5.96. The van der Waals surface area contributed by atoms with E-state index >= 15 is 0 Å². The number of esters is 1. The molecule has 1 aromatic carbocycles. The molecule has 0 fully saturated rings. The normalized spacial score (nSPS) is 10.7. The number of hydrogen-bond donors (Lipinski definition) is 1. The van der Waals surface area contributed by atoms with Crippen LogP contribution in [-0.2, 0) is 16.1 Å². The minimum atomic E-state index is -0.340. The Bertz CT molecular complexity index is 430. The highest BCUT2D eigenvalue weighted by atomic mass is 16.6. The molecule has 1 rings (SSSR count). The van der Waals surface area contributed by atoms with Crippen LogP contribution in [0.2, 0.25) is 0 Å². The number of nitrogens with one attached hydrogen (secondary N) is 1. The van der Waals surface area contributed by atoms with Crippen LogP contribution >= 0.6 is 0 Å². The molecular weight excluding hydrogens is 254 g/mol. The topological polar surface area (TPSA) is 47.6 Å². The largest absolute Gasteiger partial charge is 0.482 e. The zero-order valence-corrected chi connectivity index (χ0v) is 12.9. The van der Waals surface area contributed by atoms with Gasteiger partial charge >= 0.3 is 5.97 Å². The second-order valence-corrected chi connectivity index (χ2v) is 5.12. The molecule has 0 aliphatic carbocycles. The van der Waals surface area contributed by atoms with E-state index in [1.54, 1.807) is 0 Å². The van der Waals surface area contributed by atoms with Gasteiger partial charge in [0.25, 0.3) is 0 Å². The van der Waals surface area contributed by atoms with Crippen molar-refractivity contribution in [1.29, 1.82) is 0 Å². The molecule has 0 aliphatic rings. The third-order valence-corrected chi connectivity index (χ3v) is 2.67. The van der Waals surface area contributed by atoms with E-state index in [1.165, 1.54) is 5.56 Å². The van der Waals surface area contributed by atoms with Crippen LogP contribution in [0.15, 0.2) is 18.2 Å². The average molecular weight is 279 g/mol. The summed E-state index contributed by atoms with van der Waals surface area (Å²) >= 11 is 0. The van der Waals surface area contributed by atoms with Crippen LogP contribution in [0.3, 0.4) is 0 Å². The minimum absolute atomic E-state index is 0.0536. The maximum atomic E-state index is 11.5. The van der Waals surface area contributed by atoms with E-state index in [1.807, 2.05) is 32.9 Å². The molecule has 0 atom stereocenters. The number of hydrogen-bond acceptors (Lipinski definition) is 4. The maximum Gasteiger partial charge on any atom is 0.344 e. The molecule has 0 unspecified atom stereocenters. The van der Waals surface area contributed by atoms with Crippen molar-refractivity contribution in [2.45, 2.75) is 46.8 Å². The summed E-state index contributed by atoms with van der Waals surface area (Å²) in [4.78, 5) is 11.5. The molecule has 112 valence electrons. The first kappa shape index (κ1) is 16.5. The van der Waals surface area contributed by atoms with Crippen molar-refractivity contribution in [3.8, 4) is 5.75 Å². The molecule has 0 saturated heterocycles. The minimum Gasteiger partial charge on any atom is -0.482 e. The Hall–Kier alpha value is -1.55. The Morgan fingerprint density at radius 3 is 2.75 bits per heavy atom. The Balaban J connectivity index is 2.61. The van der Waals surface area contributed by atoms with Crippen LogP contribution in [0, 0.1) is 6.92 Å². The molecule has 20 heavy (non-hydrogen) atoms. The van der Waals surface area contributed by atoms with E-state index < -0.39 is 0 Å². The molecule has 1 N–H and O–H groups in total. The van der Waals surface area contributed by atoms with Crippen LogP contribution in [0.4, 0.5) is 0 Å². The first-order valence-corrected chi connectivity index (χ1v) is 7.15. The fourth-order valence-electron chi connectivity index (χ4n) is 1.82. The first-order chi connectivity index (χ1) is 9.52. The van der Waals surface area contributed by atoms with E-state index in [9.17, 15) is 4.79 Å². The predicted octanol–water partition coefficient (Wildman–Crippen LogP) is 2.83. The van der Waals surface area contributed by atoms with Crippen molar-refractivity contribution in [2.75, 3.05) is 13.2 Å². The molecule has 1 aromatic rings. The van der Waals surface area contributed by atoms with E-state index in [4.69, 9.17) is 9.47 Å². The summed E-state index contributed by atoms with van der Waals surface area (Å²) in [5.41, 5.74) is 2.24. The summed E-state index contributed by atoms with van der Waals surface area (Å²) in [6.45, 7) is 9.46. The number of benzene rings is 1. The summed E-state index contributed by atoms with van der Waals surface area (Å²) in [6.07, 6.45) is 0.970. The molecular formula is C16H25NO3. The van der Waals surface area contributed by atoms with Gasteiger partial charge in [0.1, 0.15) is 5.75 Å². The third-order valence-electron chi connectivity index (χ3n) is 2.67. The predicted molar refractivity (Wildman–Crippen MR) is 79.9 cm³/mol.